The van der Waals surface area contributed by atoms with Crippen molar-refractivity contribution in [3.05, 3.63) is 17.0 Å². The van der Waals surface area contributed by atoms with Crippen LogP contribution in [0.4, 0.5) is 0 Å². The highest BCUT2D eigenvalue weighted by atomic mass is 16.6. The van der Waals surface area contributed by atoms with E-state index in [1.54, 1.807) is 0 Å². The maximum Gasteiger partial charge on any atom is 0.309 e. The lowest BCUT2D eigenvalue weighted by atomic mass is 9.62. The zero-order chi connectivity index (χ0) is 19.3. The third kappa shape index (κ3) is 3.58. The number of Topliss-reactive ketones (excluding diaryl/α,β-unsaturated/α-hetero) is 1. The standard InChI is InChI=1S/C21H32N2O3/c1-13(2)23-18-16(14(3)22-23)11-21(12-17(18)24)9-7-15(8-10-21)19(25)26-20(4,5)6/h13,15H,7-12H2,1-6H3. The van der Waals surface area contributed by atoms with Crippen LogP contribution in [0.15, 0.2) is 0 Å². The molecule has 0 saturated heterocycles. The third-order valence-corrected chi connectivity index (χ3v) is 5.84. The molecule has 0 radical (unpaired) electrons. The molecule has 1 aromatic rings. The van der Waals surface area contributed by atoms with E-state index in [9.17, 15) is 9.59 Å². The van der Waals surface area contributed by atoms with Crippen LogP contribution in [0.5, 0.6) is 0 Å². The molecule has 0 atom stereocenters. The molecule has 2 aliphatic carbocycles. The summed E-state index contributed by atoms with van der Waals surface area (Å²) in [6.07, 6.45) is 4.94. The first-order valence-corrected chi connectivity index (χ1v) is 9.85. The van der Waals surface area contributed by atoms with Crippen LogP contribution in [-0.4, -0.2) is 27.1 Å². The van der Waals surface area contributed by atoms with E-state index in [4.69, 9.17) is 4.74 Å². The Hall–Kier alpha value is -1.65. The fourth-order valence-corrected chi connectivity index (χ4v) is 4.53. The fourth-order valence-electron chi connectivity index (χ4n) is 4.53. The predicted octanol–water partition coefficient (Wildman–Crippen LogP) is 4.42. The van der Waals surface area contributed by atoms with E-state index >= 15 is 0 Å². The Morgan fingerprint density at radius 2 is 1.85 bits per heavy atom. The van der Waals surface area contributed by atoms with Crippen LogP contribution in [0.2, 0.25) is 0 Å². The van der Waals surface area contributed by atoms with Gasteiger partial charge in [0.15, 0.2) is 5.78 Å². The van der Waals surface area contributed by atoms with E-state index in [1.165, 1.54) is 0 Å². The second-order valence-corrected chi connectivity index (χ2v) is 9.54. The number of esters is 1. The summed E-state index contributed by atoms with van der Waals surface area (Å²) in [5.74, 6) is 0.103. The minimum Gasteiger partial charge on any atom is -0.460 e. The molecule has 2 aliphatic rings. The Kier molecular flexibility index (Phi) is 4.78. The number of hydrogen-bond acceptors (Lipinski definition) is 4. The van der Waals surface area contributed by atoms with E-state index in [2.05, 4.69) is 18.9 Å². The van der Waals surface area contributed by atoms with E-state index in [0.717, 1.165) is 49.1 Å². The molecule has 0 N–H and O–H groups in total. The van der Waals surface area contributed by atoms with Gasteiger partial charge in [0.05, 0.1) is 11.6 Å². The Bertz CT molecular complexity index is 716. The van der Waals surface area contributed by atoms with Gasteiger partial charge >= 0.3 is 5.97 Å². The van der Waals surface area contributed by atoms with Gasteiger partial charge in [0, 0.05) is 18.0 Å². The first-order chi connectivity index (χ1) is 12.0. The summed E-state index contributed by atoms with van der Waals surface area (Å²) >= 11 is 0. The number of aryl methyl sites for hydroxylation is 1. The highest BCUT2D eigenvalue weighted by molar-refractivity contribution is 5.98. The molecule has 0 amide bonds. The SMILES string of the molecule is Cc1nn(C(C)C)c2c1CC1(CCC(C(=O)OC(C)(C)C)CC1)CC2=O. The van der Waals surface area contributed by atoms with Gasteiger partial charge in [-0.3, -0.25) is 14.3 Å². The van der Waals surface area contributed by atoms with Gasteiger partial charge in [0.1, 0.15) is 11.3 Å². The molecule has 5 nitrogen and oxygen atoms in total. The number of nitrogens with zero attached hydrogens (tertiary/aromatic N) is 2. The number of aromatic nitrogens is 2. The number of hydrogen-bond donors (Lipinski definition) is 0. The van der Waals surface area contributed by atoms with Gasteiger partial charge in [0.2, 0.25) is 0 Å². The minimum absolute atomic E-state index is 0.00179. The molecular weight excluding hydrogens is 328 g/mol. The van der Waals surface area contributed by atoms with Crippen LogP contribution in [0.3, 0.4) is 0 Å². The van der Waals surface area contributed by atoms with Crippen molar-refractivity contribution in [2.75, 3.05) is 0 Å². The molecule has 1 aromatic heterocycles. The van der Waals surface area contributed by atoms with Gasteiger partial charge in [-0.15, -0.1) is 0 Å². The molecule has 1 heterocycles. The van der Waals surface area contributed by atoms with Crippen molar-refractivity contribution in [3.8, 4) is 0 Å². The van der Waals surface area contributed by atoms with Crippen molar-refractivity contribution in [1.29, 1.82) is 0 Å². The smallest absolute Gasteiger partial charge is 0.309 e. The summed E-state index contributed by atoms with van der Waals surface area (Å²) in [7, 11) is 0. The lowest BCUT2D eigenvalue weighted by Crippen LogP contribution is -2.39. The van der Waals surface area contributed by atoms with Gasteiger partial charge in [-0.2, -0.15) is 5.10 Å². The molecule has 26 heavy (non-hydrogen) atoms. The quantitative estimate of drug-likeness (QED) is 0.733. The van der Waals surface area contributed by atoms with Crippen molar-refractivity contribution in [1.82, 2.24) is 9.78 Å². The summed E-state index contributed by atoms with van der Waals surface area (Å²) < 4.78 is 7.45. The Labute approximate surface area is 156 Å². The molecule has 5 heteroatoms. The maximum absolute atomic E-state index is 12.9. The van der Waals surface area contributed by atoms with Crippen LogP contribution in [-0.2, 0) is 16.0 Å². The van der Waals surface area contributed by atoms with E-state index < -0.39 is 5.60 Å². The highest BCUT2D eigenvalue weighted by Gasteiger charge is 2.45. The fraction of sp³-hybridized carbons (Fsp3) is 0.762. The molecule has 1 fully saturated rings. The van der Waals surface area contributed by atoms with Gasteiger partial charge < -0.3 is 4.74 Å². The maximum atomic E-state index is 12.9. The van der Waals surface area contributed by atoms with Gasteiger partial charge in [0.25, 0.3) is 0 Å². The van der Waals surface area contributed by atoms with Crippen molar-refractivity contribution < 1.29 is 14.3 Å². The van der Waals surface area contributed by atoms with Crippen LogP contribution >= 0.6 is 0 Å². The van der Waals surface area contributed by atoms with Gasteiger partial charge in [-0.05, 0) is 79.1 Å². The average molecular weight is 360 g/mol. The number of rotatable bonds is 2. The van der Waals surface area contributed by atoms with Gasteiger partial charge in [-0.1, -0.05) is 0 Å². The molecule has 0 aromatic carbocycles. The summed E-state index contributed by atoms with van der Waals surface area (Å²) in [4.78, 5) is 25.3. The largest absolute Gasteiger partial charge is 0.460 e. The monoisotopic (exact) mass is 360 g/mol. The average Bonchev–Trinajstić information content (AvgIpc) is 2.84. The zero-order valence-electron chi connectivity index (χ0n) is 17.0. The molecule has 144 valence electrons. The van der Waals surface area contributed by atoms with Crippen LogP contribution in [0, 0.1) is 18.3 Å². The van der Waals surface area contributed by atoms with Crippen molar-refractivity contribution in [2.45, 2.75) is 91.7 Å². The number of ether oxygens (including phenoxy) is 1. The zero-order valence-corrected chi connectivity index (χ0v) is 17.0. The van der Waals surface area contributed by atoms with Gasteiger partial charge in [-0.25, -0.2) is 0 Å². The lowest BCUT2D eigenvalue weighted by Gasteiger charge is -2.42. The summed E-state index contributed by atoms with van der Waals surface area (Å²) in [5, 5.41) is 4.63. The number of fused-ring (bicyclic) bond motifs is 1. The second-order valence-electron chi connectivity index (χ2n) is 9.54. The molecule has 1 saturated carbocycles. The van der Waals surface area contributed by atoms with Crippen molar-refractivity contribution in [2.24, 2.45) is 11.3 Å². The molecule has 1 spiro atoms. The summed E-state index contributed by atoms with van der Waals surface area (Å²) in [6.45, 7) is 11.9. The molecule has 0 aliphatic heterocycles. The topological polar surface area (TPSA) is 61.2 Å². The summed E-state index contributed by atoms with van der Waals surface area (Å²) in [5.41, 5.74) is 2.49. The summed E-state index contributed by atoms with van der Waals surface area (Å²) in [6, 6.07) is 0.193. The van der Waals surface area contributed by atoms with Crippen LogP contribution in [0.25, 0.3) is 0 Å². The second kappa shape index (κ2) is 6.50. The van der Waals surface area contributed by atoms with Crippen molar-refractivity contribution >= 4 is 11.8 Å². The van der Waals surface area contributed by atoms with Crippen LogP contribution < -0.4 is 0 Å². The molecular formula is C21H32N2O3. The predicted molar refractivity (Wildman–Crippen MR) is 100 cm³/mol. The third-order valence-electron chi connectivity index (χ3n) is 5.84. The first kappa shape index (κ1) is 19.1. The molecule has 0 bridgehead atoms. The van der Waals surface area contributed by atoms with E-state index in [-0.39, 0.29) is 29.1 Å². The van der Waals surface area contributed by atoms with E-state index in [1.807, 2.05) is 32.4 Å². The minimum atomic E-state index is -0.440. The Morgan fingerprint density at radius 1 is 1.23 bits per heavy atom. The number of carbonyl (C=O) groups is 2. The lowest BCUT2D eigenvalue weighted by molar-refractivity contribution is -0.162. The highest BCUT2D eigenvalue weighted by Crippen LogP contribution is 2.48. The molecule has 0 unspecified atom stereocenters. The van der Waals surface area contributed by atoms with E-state index in [0.29, 0.717) is 6.42 Å². The number of ketones is 1. The molecule has 3 rings (SSSR count). The number of carbonyl (C=O) groups excluding carboxylic acids is 2. The normalized spacial score (nSPS) is 26.3. The Morgan fingerprint density at radius 3 is 2.38 bits per heavy atom. The first-order valence-electron chi connectivity index (χ1n) is 9.85. The Balaban J connectivity index is 1.75. The van der Waals surface area contributed by atoms with Crippen molar-refractivity contribution in [3.63, 3.8) is 0 Å². The van der Waals surface area contributed by atoms with Crippen LogP contribution in [0.1, 0.15) is 94.5 Å².